The Bertz CT molecular complexity index is 494. The Morgan fingerprint density at radius 3 is 2.94 bits per heavy atom. The van der Waals surface area contributed by atoms with Crippen LogP contribution < -0.4 is 0 Å². The van der Waals surface area contributed by atoms with Crippen molar-refractivity contribution in [1.82, 2.24) is 15.0 Å². The van der Waals surface area contributed by atoms with E-state index in [9.17, 15) is 0 Å². The fourth-order valence-corrected chi connectivity index (χ4v) is 1.82. The molecule has 5 heteroatoms. The maximum Gasteiger partial charge on any atom is 0.0852 e. The van der Waals surface area contributed by atoms with Gasteiger partial charge in [-0.3, -0.25) is 0 Å². The first-order valence-corrected chi connectivity index (χ1v) is 5.85. The first-order valence-electron chi connectivity index (χ1n) is 4.94. The van der Waals surface area contributed by atoms with Gasteiger partial charge in [-0.2, -0.15) is 0 Å². The summed E-state index contributed by atoms with van der Waals surface area (Å²) in [4.78, 5) is 0. The largest absolute Gasteiger partial charge is 0.219 e. The van der Waals surface area contributed by atoms with E-state index >= 15 is 0 Å². The molecule has 0 fully saturated rings. The maximum atomic E-state index is 6.10. The molecule has 0 aliphatic carbocycles. The highest BCUT2D eigenvalue weighted by Crippen LogP contribution is 2.20. The molecule has 0 atom stereocenters. The molecule has 0 unspecified atom stereocenters. The van der Waals surface area contributed by atoms with Crippen LogP contribution in [-0.2, 0) is 6.42 Å². The van der Waals surface area contributed by atoms with E-state index in [0.717, 1.165) is 16.9 Å². The number of hydrogen-bond donors (Lipinski definition) is 0. The van der Waals surface area contributed by atoms with E-state index in [4.69, 9.17) is 23.2 Å². The molecular formula is C11H11Cl2N3. The molecule has 1 aromatic heterocycles. The number of benzene rings is 1. The lowest BCUT2D eigenvalue weighted by Crippen LogP contribution is -1.96. The highest BCUT2D eigenvalue weighted by molar-refractivity contribution is 6.32. The van der Waals surface area contributed by atoms with Crippen LogP contribution in [0.4, 0.5) is 0 Å². The van der Waals surface area contributed by atoms with E-state index in [0.29, 0.717) is 17.3 Å². The van der Waals surface area contributed by atoms with Crippen molar-refractivity contribution >= 4 is 23.2 Å². The van der Waals surface area contributed by atoms with Gasteiger partial charge in [-0.05, 0) is 24.6 Å². The summed E-state index contributed by atoms with van der Waals surface area (Å²) in [6.07, 6.45) is 2.56. The summed E-state index contributed by atoms with van der Waals surface area (Å²) in [6, 6.07) is 5.79. The summed E-state index contributed by atoms with van der Waals surface area (Å²) < 4.78 is 1.68. The highest BCUT2D eigenvalue weighted by atomic mass is 35.5. The van der Waals surface area contributed by atoms with Gasteiger partial charge in [-0.15, -0.1) is 16.7 Å². The first kappa shape index (κ1) is 11.4. The van der Waals surface area contributed by atoms with E-state index in [1.807, 2.05) is 31.3 Å². The second kappa shape index (κ2) is 4.85. The molecule has 0 saturated carbocycles. The van der Waals surface area contributed by atoms with Gasteiger partial charge in [0.1, 0.15) is 0 Å². The van der Waals surface area contributed by atoms with E-state index in [1.54, 1.807) is 4.68 Å². The van der Waals surface area contributed by atoms with Crippen molar-refractivity contribution in [3.05, 3.63) is 40.7 Å². The number of alkyl halides is 1. The normalized spacial score (nSPS) is 10.7. The van der Waals surface area contributed by atoms with Gasteiger partial charge >= 0.3 is 0 Å². The number of rotatable bonds is 3. The van der Waals surface area contributed by atoms with Crippen LogP contribution in [0.25, 0.3) is 5.69 Å². The van der Waals surface area contributed by atoms with Gasteiger partial charge in [0.05, 0.1) is 22.6 Å². The summed E-state index contributed by atoms with van der Waals surface area (Å²) in [7, 11) is 0. The van der Waals surface area contributed by atoms with Crippen LogP contribution >= 0.6 is 23.2 Å². The minimum absolute atomic E-state index is 0.542. The fraction of sp³-hybridized carbons (Fsp3) is 0.273. The zero-order valence-electron chi connectivity index (χ0n) is 8.82. The van der Waals surface area contributed by atoms with E-state index < -0.39 is 0 Å². The lowest BCUT2D eigenvalue weighted by atomic mass is 10.2. The third-order valence-electron chi connectivity index (χ3n) is 2.24. The molecule has 3 nitrogen and oxygen atoms in total. The van der Waals surface area contributed by atoms with Crippen LogP contribution in [0.3, 0.4) is 0 Å². The molecule has 1 heterocycles. The van der Waals surface area contributed by atoms with Crippen molar-refractivity contribution in [3.8, 4) is 5.69 Å². The van der Waals surface area contributed by atoms with Crippen molar-refractivity contribution in [2.45, 2.75) is 13.3 Å². The average Bonchev–Trinajstić information content (AvgIpc) is 2.71. The third kappa shape index (κ3) is 2.36. The Balaban J connectivity index is 2.38. The van der Waals surface area contributed by atoms with Crippen LogP contribution in [0.1, 0.15) is 11.3 Å². The molecule has 0 bridgehead atoms. The summed E-state index contributed by atoms with van der Waals surface area (Å²) in [6.45, 7) is 2.01. The van der Waals surface area contributed by atoms with Crippen LogP contribution in [0.15, 0.2) is 24.4 Å². The molecule has 0 aliphatic heterocycles. The van der Waals surface area contributed by atoms with Crippen LogP contribution in [0, 0.1) is 6.92 Å². The van der Waals surface area contributed by atoms with Crippen molar-refractivity contribution in [1.29, 1.82) is 0 Å². The first-order chi connectivity index (χ1) is 7.70. The van der Waals surface area contributed by atoms with E-state index in [1.165, 1.54) is 0 Å². The predicted octanol–water partition coefficient (Wildman–Crippen LogP) is 3.01. The molecule has 2 rings (SSSR count). The minimum Gasteiger partial charge on any atom is -0.219 e. The Kier molecular flexibility index (Phi) is 3.46. The van der Waals surface area contributed by atoms with Crippen molar-refractivity contribution in [3.63, 3.8) is 0 Å². The molecule has 2 aromatic rings. The highest BCUT2D eigenvalue weighted by Gasteiger charge is 2.06. The molecule has 0 aliphatic rings. The summed E-state index contributed by atoms with van der Waals surface area (Å²) >= 11 is 11.7. The molecule has 16 heavy (non-hydrogen) atoms. The van der Waals surface area contributed by atoms with Crippen LogP contribution in [-0.4, -0.2) is 20.9 Å². The second-order valence-electron chi connectivity index (χ2n) is 3.55. The molecule has 1 aromatic carbocycles. The number of aromatic nitrogens is 3. The van der Waals surface area contributed by atoms with Gasteiger partial charge in [0.25, 0.3) is 0 Å². The van der Waals surface area contributed by atoms with Gasteiger partial charge in [-0.1, -0.05) is 22.9 Å². The number of hydrogen-bond acceptors (Lipinski definition) is 2. The molecule has 0 saturated heterocycles. The standard InChI is InChI=1S/C11H11Cl2N3/c1-8-2-3-10(13)11(6-8)16-7-9(4-5-12)14-15-16/h2-3,6-7H,4-5H2,1H3. The number of halogens is 2. The second-order valence-corrected chi connectivity index (χ2v) is 4.33. The van der Waals surface area contributed by atoms with Gasteiger partial charge in [0, 0.05) is 12.3 Å². The summed E-state index contributed by atoms with van der Waals surface area (Å²) in [5.74, 6) is 0.542. The topological polar surface area (TPSA) is 30.7 Å². The summed E-state index contributed by atoms with van der Waals surface area (Å²) in [5.41, 5.74) is 2.84. The lowest BCUT2D eigenvalue weighted by molar-refractivity contribution is 0.797. The monoisotopic (exact) mass is 255 g/mol. The number of nitrogens with zero attached hydrogens (tertiary/aromatic N) is 3. The summed E-state index contributed by atoms with van der Waals surface area (Å²) in [5, 5.41) is 8.71. The Morgan fingerprint density at radius 2 is 2.19 bits per heavy atom. The maximum absolute atomic E-state index is 6.10. The van der Waals surface area contributed by atoms with Crippen molar-refractivity contribution in [2.75, 3.05) is 5.88 Å². The van der Waals surface area contributed by atoms with Gasteiger partial charge in [0.15, 0.2) is 0 Å². The Hall–Kier alpha value is -1.06. The lowest BCUT2D eigenvalue weighted by Gasteiger charge is -2.03. The van der Waals surface area contributed by atoms with E-state index in [2.05, 4.69) is 10.3 Å². The predicted molar refractivity (Wildman–Crippen MR) is 65.5 cm³/mol. The van der Waals surface area contributed by atoms with Crippen molar-refractivity contribution < 1.29 is 0 Å². The average molecular weight is 256 g/mol. The SMILES string of the molecule is Cc1ccc(Cl)c(-n2cc(CCCl)nn2)c1. The van der Waals surface area contributed by atoms with Crippen molar-refractivity contribution in [2.24, 2.45) is 0 Å². The molecule has 0 radical (unpaired) electrons. The molecule has 0 spiro atoms. The fourth-order valence-electron chi connectivity index (χ4n) is 1.43. The zero-order valence-corrected chi connectivity index (χ0v) is 10.3. The van der Waals surface area contributed by atoms with Crippen LogP contribution in [0.2, 0.25) is 5.02 Å². The molecule has 0 amide bonds. The van der Waals surface area contributed by atoms with Gasteiger partial charge < -0.3 is 0 Å². The van der Waals surface area contributed by atoms with Gasteiger partial charge in [0.2, 0.25) is 0 Å². The minimum atomic E-state index is 0.542. The Morgan fingerprint density at radius 1 is 1.38 bits per heavy atom. The third-order valence-corrected chi connectivity index (χ3v) is 2.75. The number of aryl methyl sites for hydroxylation is 2. The van der Waals surface area contributed by atoms with Gasteiger partial charge in [-0.25, -0.2) is 4.68 Å². The molecule has 0 N–H and O–H groups in total. The molecular weight excluding hydrogens is 245 g/mol. The zero-order chi connectivity index (χ0) is 11.5. The quantitative estimate of drug-likeness (QED) is 0.790. The molecule has 84 valence electrons. The smallest absolute Gasteiger partial charge is 0.0852 e. The van der Waals surface area contributed by atoms with E-state index in [-0.39, 0.29) is 0 Å². The Labute approximate surface area is 104 Å². The van der Waals surface area contributed by atoms with Crippen LogP contribution in [0.5, 0.6) is 0 Å².